The number of ether oxygens (including phenoxy) is 1. The average Bonchev–Trinajstić information content (AvgIpc) is 2.71. The molecule has 2 aromatic carbocycles. The fourth-order valence-corrected chi connectivity index (χ4v) is 3.18. The van der Waals surface area contributed by atoms with Gasteiger partial charge in [0.15, 0.2) is 5.96 Å². The summed E-state index contributed by atoms with van der Waals surface area (Å²) in [7, 11) is -1.85. The Hall–Kier alpha value is -2.58. The molecule has 0 fully saturated rings. The van der Waals surface area contributed by atoms with E-state index in [-0.39, 0.29) is 5.75 Å². The lowest BCUT2D eigenvalue weighted by molar-refractivity contribution is 0.322. The van der Waals surface area contributed by atoms with Crippen LogP contribution in [0.4, 0.5) is 0 Å². The molecule has 0 aliphatic heterocycles. The predicted octanol–water partition coefficient (Wildman–Crippen LogP) is 1.87. The molecule has 0 saturated heterocycles. The normalized spacial score (nSPS) is 11.9. The summed E-state index contributed by atoms with van der Waals surface area (Å²) in [5.41, 5.74) is 1.74. The van der Waals surface area contributed by atoms with Crippen molar-refractivity contribution in [2.75, 3.05) is 26.7 Å². The first-order valence-corrected chi connectivity index (χ1v) is 10.9. The molecule has 0 aromatic heterocycles. The molecule has 0 heterocycles. The highest BCUT2D eigenvalue weighted by Gasteiger charge is 2.08. The monoisotopic (exact) mass is 404 g/mol. The van der Waals surface area contributed by atoms with Crippen molar-refractivity contribution >= 4 is 16.0 Å². The molecule has 28 heavy (non-hydrogen) atoms. The van der Waals surface area contributed by atoms with E-state index in [1.54, 1.807) is 0 Å². The van der Waals surface area contributed by atoms with Crippen molar-refractivity contribution in [1.29, 1.82) is 0 Å². The van der Waals surface area contributed by atoms with Crippen LogP contribution in [0.15, 0.2) is 59.6 Å². The molecular formula is C20H28N4O3S. The number of sulfonamides is 1. The summed E-state index contributed by atoms with van der Waals surface area (Å²) in [5, 5.41) is 6.43. The van der Waals surface area contributed by atoms with Crippen LogP contribution in [-0.2, 0) is 22.3 Å². The standard InChI is InChI=1S/C20H28N4O3S/c1-3-22-20(23-13-14-27-19-7-5-4-6-8-19)24-15-17-9-11-18(12-10-17)16-28(25,26)21-2/h4-12,21H,3,13-16H2,1-2H3,(H2,22,23,24). The van der Waals surface area contributed by atoms with E-state index in [9.17, 15) is 8.42 Å². The lowest BCUT2D eigenvalue weighted by Gasteiger charge is -2.12. The van der Waals surface area contributed by atoms with E-state index in [2.05, 4.69) is 20.3 Å². The molecule has 0 saturated carbocycles. The van der Waals surface area contributed by atoms with Crippen molar-refractivity contribution in [3.63, 3.8) is 0 Å². The molecule has 0 spiro atoms. The van der Waals surface area contributed by atoms with Crippen LogP contribution in [0.25, 0.3) is 0 Å². The Morgan fingerprint density at radius 1 is 1.00 bits per heavy atom. The van der Waals surface area contributed by atoms with E-state index in [4.69, 9.17) is 4.74 Å². The molecule has 0 aliphatic carbocycles. The van der Waals surface area contributed by atoms with Crippen LogP contribution in [-0.4, -0.2) is 41.1 Å². The van der Waals surface area contributed by atoms with E-state index in [1.165, 1.54) is 7.05 Å². The molecule has 8 heteroatoms. The Morgan fingerprint density at radius 3 is 2.32 bits per heavy atom. The first-order valence-electron chi connectivity index (χ1n) is 9.21. The van der Waals surface area contributed by atoms with Gasteiger partial charge in [0.2, 0.25) is 10.0 Å². The molecule has 3 N–H and O–H groups in total. The SMILES string of the molecule is CCNC(=NCc1ccc(CS(=O)(=O)NC)cc1)NCCOc1ccccc1. The van der Waals surface area contributed by atoms with Crippen LogP contribution >= 0.6 is 0 Å². The summed E-state index contributed by atoms with van der Waals surface area (Å²) in [5.74, 6) is 1.52. The van der Waals surface area contributed by atoms with Crippen LogP contribution in [0.3, 0.4) is 0 Å². The second kappa shape index (κ2) is 11.3. The highest BCUT2D eigenvalue weighted by molar-refractivity contribution is 7.88. The maximum absolute atomic E-state index is 11.6. The van der Waals surface area contributed by atoms with E-state index >= 15 is 0 Å². The van der Waals surface area contributed by atoms with Gasteiger partial charge in [0.25, 0.3) is 0 Å². The average molecular weight is 405 g/mol. The van der Waals surface area contributed by atoms with Gasteiger partial charge in [-0.05, 0) is 37.2 Å². The van der Waals surface area contributed by atoms with E-state index in [0.717, 1.165) is 23.4 Å². The third-order valence-corrected chi connectivity index (χ3v) is 5.20. The molecule has 2 aromatic rings. The number of para-hydroxylation sites is 1. The number of hydrogen-bond donors (Lipinski definition) is 3. The molecule has 0 amide bonds. The van der Waals surface area contributed by atoms with E-state index in [1.807, 2.05) is 61.5 Å². The fraction of sp³-hybridized carbons (Fsp3) is 0.350. The maximum atomic E-state index is 11.6. The Morgan fingerprint density at radius 2 is 1.68 bits per heavy atom. The summed E-state index contributed by atoms with van der Waals surface area (Å²) in [4.78, 5) is 4.56. The zero-order valence-electron chi connectivity index (χ0n) is 16.3. The topological polar surface area (TPSA) is 91.8 Å². The van der Waals surface area contributed by atoms with Gasteiger partial charge in [-0.2, -0.15) is 0 Å². The van der Waals surface area contributed by atoms with E-state index < -0.39 is 10.0 Å². The lowest BCUT2D eigenvalue weighted by atomic mass is 10.1. The second-order valence-corrected chi connectivity index (χ2v) is 7.99. The smallest absolute Gasteiger partial charge is 0.215 e. The van der Waals surface area contributed by atoms with Gasteiger partial charge in [0.05, 0.1) is 18.8 Å². The van der Waals surface area contributed by atoms with Gasteiger partial charge in [-0.3, -0.25) is 0 Å². The minimum absolute atomic E-state index is 0.0291. The molecule has 2 rings (SSSR count). The number of nitrogens with one attached hydrogen (secondary N) is 3. The summed E-state index contributed by atoms with van der Waals surface area (Å²) in [6.45, 7) is 4.42. The van der Waals surface area contributed by atoms with Crippen molar-refractivity contribution in [2.45, 2.75) is 19.2 Å². The number of aliphatic imine (C=N–C) groups is 1. The van der Waals surface area contributed by atoms with Gasteiger partial charge >= 0.3 is 0 Å². The molecule has 0 radical (unpaired) electrons. The molecule has 0 unspecified atom stereocenters. The highest BCUT2D eigenvalue weighted by Crippen LogP contribution is 2.09. The first kappa shape index (κ1) is 21.7. The Kier molecular flexibility index (Phi) is 8.77. The summed E-state index contributed by atoms with van der Waals surface area (Å²) in [6, 6.07) is 17.1. The van der Waals surface area contributed by atoms with Gasteiger partial charge in [-0.25, -0.2) is 18.1 Å². The third-order valence-electron chi connectivity index (χ3n) is 3.86. The summed E-state index contributed by atoms with van der Waals surface area (Å²) in [6.07, 6.45) is 0. The first-order chi connectivity index (χ1) is 13.5. The zero-order valence-corrected chi connectivity index (χ0v) is 17.1. The number of hydrogen-bond acceptors (Lipinski definition) is 4. The molecule has 0 bridgehead atoms. The Bertz CT molecular complexity index is 838. The molecular weight excluding hydrogens is 376 g/mol. The van der Waals surface area contributed by atoms with Crippen LogP contribution in [0, 0.1) is 0 Å². The van der Waals surface area contributed by atoms with Crippen molar-refractivity contribution in [3.8, 4) is 5.75 Å². The van der Waals surface area contributed by atoms with Crippen molar-refractivity contribution < 1.29 is 13.2 Å². The van der Waals surface area contributed by atoms with Crippen LogP contribution in [0.2, 0.25) is 0 Å². The van der Waals surface area contributed by atoms with Gasteiger partial charge in [-0.15, -0.1) is 0 Å². The minimum atomic E-state index is -3.26. The maximum Gasteiger partial charge on any atom is 0.215 e. The zero-order chi connectivity index (χ0) is 20.2. The van der Waals surface area contributed by atoms with Crippen molar-refractivity contribution in [3.05, 3.63) is 65.7 Å². The van der Waals surface area contributed by atoms with Crippen molar-refractivity contribution in [1.82, 2.24) is 15.4 Å². The lowest BCUT2D eigenvalue weighted by Crippen LogP contribution is -2.39. The van der Waals surface area contributed by atoms with Gasteiger partial charge < -0.3 is 15.4 Å². The summed E-state index contributed by atoms with van der Waals surface area (Å²) >= 11 is 0. The number of nitrogens with zero attached hydrogens (tertiary/aromatic N) is 1. The largest absolute Gasteiger partial charge is 0.492 e. The Balaban J connectivity index is 1.84. The molecule has 0 aliphatic rings. The number of guanidine groups is 1. The Labute approximate surface area is 167 Å². The fourth-order valence-electron chi connectivity index (χ4n) is 2.40. The van der Waals surface area contributed by atoms with Gasteiger partial charge in [0.1, 0.15) is 12.4 Å². The number of benzene rings is 2. The van der Waals surface area contributed by atoms with Crippen LogP contribution in [0.1, 0.15) is 18.1 Å². The van der Waals surface area contributed by atoms with Crippen LogP contribution in [0.5, 0.6) is 5.75 Å². The third kappa shape index (κ3) is 7.98. The highest BCUT2D eigenvalue weighted by atomic mass is 32.2. The minimum Gasteiger partial charge on any atom is -0.492 e. The van der Waals surface area contributed by atoms with Crippen LogP contribution < -0.4 is 20.1 Å². The summed E-state index contributed by atoms with van der Waals surface area (Å²) < 4.78 is 31.2. The number of rotatable bonds is 10. The van der Waals surface area contributed by atoms with Crippen molar-refractivity contribution in [2.24, 2.45) is 4.99 Å². The predicted molar refractivity (Wildman–Crippen MR) is 113 cm³/mol. The van der Waals surface area contributed by atoms with E-state index in [0.29, 0.717) is 25.7 Å². The molecule has 0 atom stereocenters. The second-order valence-electron chi connectivity index (χ2n) is 6.06. The molecule has 152 valence electrons. The van der Waals surface area contributed by atoms with Gasteiger partial charge in [-0.1, -0.05) is 42.5 Å². The molecule has 7 nitrogen and oxygen atoms in total. The quantitative estimate of drug-likeness (QED) is 0.319. The van der Waals surface area contributed by atoms with Gasteiger partial charge in [0, 0.05) is 6.54 Å².